The first kappa shape index (κ1) is 16.4. The number of rotatable bonds is 5. The zero-order chi connectivity index (χ0) is 17.1. The molecule has 3 rings (SSSR count). The van der Waals surface area contributed by atoms with Crippen LogP contribution < -0.4 is 11.1 Å². The summed E-state index contributed by atoms with van der Waals surface area (Å²) >= 11 is 7.00. The summed E-state index contributed by atoms with van der Waals surface area (Å²) < 4.78 is 0. The van der Waals surface area contributed by atoms with Gasteiger partial charge < -0.3 is 10.7 Å². The van der Waals surface area contributed by atoms with E-state index in [0.29, 0.717) is 27.6 Å². The molecule has 0 aliphatic rings. The summed E-state index contributed by atoms with van der Waals surface area (Å²) in [6, 6.07) is 0. The highest BCUT2D eigenvalue weighted by molar-refractivity contribution is 8.00. The number of halogens is 1. The van der Waals surface area contributed by atoms with Crippen LogP contribution in [0.15, 0.2) is 23.7 Å². The van der Waals surface area contributed by atoms with Gasteiger partial charge in [-0.1, -0.05) is 30.3 Å². The molecule has 9 nitrogen and oxygen atoms in total. The molecule has 0 unspecified atom stereocenters. The number of H-pyrrole nitrogens is 1. The van der Waals surface area contributed by atoms with Gasteiger partial charge in [0.15, 0.2) is 5.65 Å². The second-order valence-corrected chi connectivity index (χ2v) is 6.34. The molecule has 24 heavy (non-hydrogen) atoms. The van der Waals surface area contributed by atoms with Crippen molar-refractivity contribution in [1.82, 2.24) is 29.9 Å². The van der Waals surface area contributed by atoms with Crippen LogP contribution in [-0.2, 0) is 4.79 Å². The van der Waals surface area contributed by atoms with E-state index in [0.717, 1.165) is 0 Å². The van der Waals surface area contributed by atoms with E-state index in [1.54, 1.807) is 0 Å². The van der Waals surface area contributed by atoms with E-state index in [2.05, 4.69) is 35.2 Å². The molecule has 3 aromatic rings. The molecule has 1 amide bonds. The standard InChI is InChI=1S/C13H13ClN8OS/c1-2-7(10(23)21-13-16-3-6(14)4-17-13)24-11-8-9(19-5-18-8)20-12(15)22-11/h3-5,7H,2H2,1H3,(H,16,17,21,23)(H3,15,18,19,20,22)/t7-/m0/s1. The maximum absolute atomic E-state index is 12.4. The summed E-state index contributed by atoms with van der Waals surface area (Å²) in [5, 5.41) is 3.20. The summed E-state index contributed by atoms with van der Waals surface area (Å²) in [6.45, 7) is 1.90. The van der Waals surface area contributed by atoms with Crippen molar-refractivity contribution in [1.29, 1.82) is 0 Å². The molecular weight excluding hydrogens is 352 g/mol. The number of amides is 1. The third kappa shape index (κ3) is 3.54. The number of hydrogen-bond acceptors (Lipinski definition) is 8. The molecule has 0 aliphatic carbocycles. The van der Waals surface area contributed by atoms with Gasteiger partial charge >= 0.3 is 0 Å². The molecule has 4 N–H and O–H groups in total. The van der Waals surface area contributed by atoms with Crippen LogP contribution in [0, 0.1) is 0 Å². The molecule has 0 spiro atoms. The largest absolute Gasteiger partial charge is 0.368 e. The third-order valence-electron chi connectivity index (χ3n) is 3.04. The first-order chi connectivity index (χ1) is 11.6. The number of aromatic nitrogens is 6. The number of imidazole rings is 1. The summed E-state index contributed by atoms with van der Waals surface area (Å²) in [5.74, 6) is 0.0559. The van der Waals surface area contributed by atoms with E-state index in [4.69, 9.17) is 17.3 Å². The fourth-order valence-electron chi connectivity index (χ4n) is 1.93. The normalized spacial score (nSPS) is 12.2. The number of hydrogen-bond donors (Lipinski definition) is 3. The number of aromatic amines is 1. The third-order valence-corrected chi connectivity index (χ3v) is 4.59. The van der Waals surface area contributed by atoms with E-state index < -0.39 is 5.25 Å². The first-order valence-electron chi connectivity index (χ1n) is 6.98. The number of nitrogen functional groups attached to an aromatic ring is 1. The average Bonchev–Trinajstić information content (AvgIpc) is 3.02. The Bertz CT molecular complexity index is 868. The molecule has 3 heterocycles. The topological polar surface area (TPSA) is 135 Å². The predicted molar refractivity (Wildman–Crippen MR) is 91.7 cm³/mol. The number of nitrogens with one attached hydrogen (secondary N) is 2. The summed E-state index contributed by atoms with van der Waals surface area (Å²) in [5.41, 5.74) is 6.79. The molecule has 0 saturated heterocycles. The van der Waals surface area contributed by atoms with Gasteiger partial charge in [-0.3, -0.25) is 10.1 Å². The summed E-state index contributed by atoms with van der Waals surface area (Å²) in [7, 11) is 0. The minimum absolute atomic E-state index is 0.105. The number of fused-ring (bicyclic) bond motifs is 1. The monoisotopic (exact) mass is 364 g/mol. The van der Waals surface area contributed by atoms with Gasteiger partial charge in [0.2, 0.25) is 17.8 Å². The van der Waals surface area contributed by atoms with Gasteiger partial charge in [0.25, 0.3) is 0 Å². The van der Waals surface area contributed by atoms with Crippen LogP contribution in [0.5, 0.6) is 0 Å². The van der Waals surface area contributed by atoms with Crippen molar-refractivity contribution < 1.29 is 4.79 Å². The van der Waals surface area contributed by atoms with E-state index in [9.17, 15) is 4.79 Å². The number of thioether (sulfide) groups is 1. The maximum Gasteiger partial charge on any atom is 0.240 e. The SMILES string of the molecule is CC[C@H](Sc1nc(N)nc2nc[nH]c12)C(=O)Nc1ncc(Cl)cn1. The van der Waals surface area contributed by atoms with Gasteiger partial charge in [-0.15, -0.1) is 0 Å². The number of nitrogens with two attached hydrogens (primary N) is 1. The highest BCUT2D eigenvalue weighted by Gasteiger charge is 2.22. The molecule has 124 valence electrons. The Balaban J connectivity index is 1.79. The predicted octanol–water partition coefficient (Wildman–Crippen LogP) is 1.89. The number of carbonyl (C=O) groups is 1. The minimum atomic E-state index is -0.412. The van der Waals surface area contributed by atoms with E-state index in [-0.39, 0.29) is 17.8 Å². The Morgan fingerprint density at radius 2 is 2.12 bits per heavy atom. The van der Waals surface area contributed by atoms with E-state index in [1.807, 2.05) is 6.92 Å². The van der Waals surface area contributed by atoms with Crippen LogP contribution in [-0.4, -0.2) is 41.1 Å². The molecule has 1 atom stereocenters. The average molecular weight is 365 g/mol. The Hall–Kier alpha value is -2.46. The molecule has 0 fully saturated rings. The van der Waals surface area contributed by atoms with Crippen molar-refractivity contribution >= 4 is 52.3 Å². The van der Waals surface area contributed by atoms with Crippen LogP contribution in [0.3, 0.4) is 0 Å². The molecule has 0 aromatic carbocycles. The first-order valence-corrected chi connectivity index (χ1v) is 8.24. The number of nitrogens with zero attached hydrogens (tertiary/aromatic N) is 5. The lowest BCUT2D eigenvalue weighted by Gasteiger charge is -2.13. The second-order valence-electron chi connectivity index (χ2n) is 4.72. The fraction of sp³-hybridized carbons (Fsp3) is 0.231. The molecule has 0 saturated carbocycles. The van der Waals surface area contributed by atoms with Gasteiger partial charge in [-0.25, -0.2) is 19.9 Å². The highest BCUT2D eigenvalue weighted by Crippen LogP contribution is 2.29. The van der Waals surface area contributed by atoms with Gasteiger partial charge in [0.05, 0.1) is 29.0 Å². The van der Waals surface area contributed by atoms with E-state index in [1.165, 1.54) is 30.5 Å². The quantitative estimate of drug-likeness (QED) is 0.461. The summed E-state index contributed by atoms with van der Waals surface area (Å²) in [6.07, 6.45) is 4.91. The van der Waals surface area contributed by atoms with Crippen molar-refractivity contribution in [3.63, 3.8) is 0 Å². The summed E-state index contributed by atoms with van der Waals surface area (Å²) in [4.78, 5) is 35.6. The van der Waals surface area contributed by atoms with E-state index >= 15 is 0 Å². The van der Waals surface area contributed by atoms with Crippen LogP contribution in [0.25, 0.3) is 11.2 Å². The number of carbonyl (C=O) groups excluding carboxylic acids is 1. The smallest absolute Gasteiger partial charge is 0.240 e. The van der Waals surface area contributed by atoms with Crippen molar-refractivity contribution in [2.45, 2.75) is 23.6 Å². The molecule has 3 aromatic heterocycles. The van der Waals surface area contributed by atoms with Crippen LogP contribution in [0.2, 0.25) is 5.02 Å². The Morgan fingerprint density at radius 1 is 1.38 bits per heavy atom. The van der Waals surface area contributed by atoms with Crippen LogP contribution >= 0.6 is 23.4 Å². The van der Waals surface area contributed by atoms with Gasteiger partial charge in [0.1, 0.15) is 10.5 Å². The Labute approximate surface area is 145 Å². The van der Waals surface area contributed by atoms with Crippen molar-refractivity contribution in [3.05, 3.63) is 23.7 Å². The Morgan fingerprint density at radius 3 is 2.83 bits per heavy atom. The van der Waals surface area contributed by atoms with Crippen molar-refractivity contribution in [2.75, 3.05) is 11.1 Å². The van der Waals surface area contributed by atoms with Gasteiger partial charge in [0, 0.05) is 0 Å². The van der Waals surface area contributed by atoms with Crippen molar-refractivity contribution in [3.8, 4) is 0 Å². The van der Waals surface area contributed by atoms with Crippen LogP contribution in [0.1, 0.15) is 13.3 Å². The molecular formula is C13H13ClN8OS. The highest BCUT2D eigenvalue weighted by atomic mass is 35.5. The molecule has 0 aliphatic heterocycles. The fourth-order valence-corrected chi connectivity index (χ4v) is 3.05. The van der Waals surface area contributed by atoms with Crippen LogP contribution in [0.4, 0.5) is 11.9 Å². The second kappa shape index (κ2) is 6.97. The van der Waals surface area contributed by atoms with Gasteiger partial charge in [-0.2, -0.15) is 4.98 Å². The maximum atomic E-state index is 12.4. The lowest BCUT2D eigenvalue weighted by atomic mass is 10.3. The zero-order valence-electron chi connectivity index (χ0n) is 12.5. The minimum Gasteiger partial charge on any atom is -0.368 e. The lowest BCUT2D eigenvalue weighted by Crippen LogP contribution is -2.25. The Kier molecular flexibility index (Phi) is 4.76. The molecule has 0 radical (unpaired) electrons. The van der Waals surface area contributed by atoms with Crippen molar-refractivity contribution in [2.24, 2.45) is 0 Å². The van der Waals surface area contributed by atoms with Gasteiger partial charge in [-0.05, 0) is 6.42 Å². The zero-order valence-corrected chi connectivity index (χ0v) is 14.1. The number of anilines is 2. The lowest BCUT2D eigenvalue weighted by molar-refractivity contribution is -0.115. The molecule has 11 heteroatoms. The molecule has 0 bridgehead atoms.